The summed E-state index contributed by atoms with van der Waals surface area (Å²) in [6, 6.07) is 3.50. The highest BCUT2D eigenvalue weighted by atomic mass is 19.4. The summed E-state index contributed by atoms with van der Waals surface area (Å²) < 4.78 is 37.1. The SMILES string of the molecule is NCCCc1ccc(O)c(C(F)(F)F)c1. The number of phenols is 1. The number of alkyl halides is 3. The zero-order valence-electron chi connectivity index (χ0n) is 8.01. The van der Waals surface area contributed by atoms with Crippen LogP contribution in [-0.2, 0) is 12.6 Å². The zero-order valence-corrected chi connectivity index (χ0v) is 8.01. The second-order valence-electron chi connectivity index (χ2n) is 3.24. The largest absolute Gasteiger partial charge is 0.507 e. The molecule has 0 atom stereocenters. The summed E-state index contributed by atoms with van der Waals surface area (Å²) in [4.78, 5) is 0. The van der Waals surface area contributed by atoms with Crippen LogP contribution in [-0.4, -0.2) is 11.7 Å². The second kappa shape index (κ2) is 4.53. The maximum atomic E-state index is 12.4. The number of aromatic hydroxyl groups is 1. The minimum absolute atomic E-state index is 0.433. The number of benzene rings is 1. The number of halogens is 3. The van der Waals surface area contributed by atoms with Gasteiger partial charge in [0.15, 0.2) is 0 Å². The van der Waals surface area contributed by atoms with E-state index in [4.69, 9.17) is 10.8 Å². The van der Waals surface area contributed by atoms with E-state index in [1.54, 1.807) is 0 Å². The Hall–Kier alpha value is -1.23. The normalized spacial score (nSPS) is 11.7. The molecule has 2 nitrogen and oxygen atoms in total. The van der Waals surface area contributed by atoms with Gasteiger partial charge in [-0.3, -0.25) is 0 Å². The van der Waals surface area contributed by atoms with Crippen LogP contribution in [0.3, 0.4) is 0 Å². The number of aryl methyl sites for hydroxylation is 1. The molecule has 0 aromatic heterocycles. The van der Waals surface area contributed by atoms with E-state index in [9.17, 15) is 13.2 Å². The van der Waals surface area contributed by atoms with Crippen LogP contribution in [0.4, 0.5) is 13.2 Å². The van der Waals surface area contributed by atoms with Gasteiger partial charge in [0.25, 0.3) is 0 Å². The molecule has 0 fully saturated rings. The lowest BCUT2D eigenvalue weighted by Gasteiger charge is -2.10. The highest BCUT2D eigenvalue weighted by Gasteiger charge is 2.33. The topological polar surface area (TPSA) is 46.2 Å². The van der Waals surface area contributed by atoms with E-state index in [0.717, 1.165) is 12.1 Å². The average Bonchev–Trinajstić information content (AvgIpc) is 2.15. The first-order chi connectivity index (χ1) is 6.95. The van der Waals surface area contributed by atoms with Gasteiger partial charge in [-0.05, 0) is 37.1 Å². The summed E-state index contributed by atoms with van der Waals surface area (Å²) in [5, 5.41) is 9.05. The summed E-state index contributed by atoms with van der Waals surface area (Å²) in [6.07, 6.45) is -3.40. The first kappa shape index (κ1) is 11.8. The van der Waals surface area contributed by atoms with E-state index >= 15 is 0 Å². The third kappa shape index (κ3) is 3.13. The molecule has 0 bridgehead atoms. The molecule has 0 aliphatic heterocycles. The maximum Gasteiger partial charge on any atom is 0.419 e. The van der Waals surface area contributed by atoms with Gasteiger partial charge in [-0.2, -0.15) is 13.2 Å². The van der Waals surface area contributed by atoms with Crippen molar-refractivity contribution in [3.63, 3.8) is 0 Å². The van der Waals surface area contributed by atoms with Gasteiger partial charge in [0.05, 0.1) is 5.56 Å². The van der Waals surface area contributed by atoms with Gasteiger partial charge in [-0.1, -0.05) is 6.07 Å². The van der Waals surface area contributed by atoms with Crippen LogP contribution < -0.4 is 5.73 Å². The molecule has 0 spiro atoms. The molecule has 0 saturated heterocycles. The van der Waals surface area contributed by atoms with Gasteiger partial charge in [-0.15, -0.1) is 0 Å². The fraction of sp³-hybridized carbons (Fsp3) is 0.400. The third-order valence-corrected chi connectivity index (χ3v) is 2.04. The quantitative estimate of drug-likeness (QED) is 0.819. The second-order valence-corrected chi connectivity index (χ2v) is 3.24. The lowest BCUT2D eigenvalue weighted by Crippen LogP contribution is -2.07. The van der Waals surface area contributed by atoms with Gasteiger partial charge < -0.3 is 10.8 Å². The minimum Gasteiger partial charge on any atom is -0.507 e. The molecule has 0 heterocycles. The molecule has 0 aliphatic rings. The predicted octanol–water partition coefficient (Wildman–Crippen LogP) is 2.30. The van der Waals surface area contributed by atoms with Crippen molar-refractivity contribution in [2.24, 2.45) is 5.73 Å². The fourth-order valence-corrected chi connectivity index (χ4v) is 1.27. The maximum absolute atomic E-state index is 12.4. The van der Waals surface area contributed by atoms with Crippen molar-refractivity contribution in [2.45, 2.75) is 19.0 Å². The van der Waals surface area contributed by atoms with Crippen molar-refractivity contribution in [3.05, 3.63) is 29.3 Å². The van der Waals surface area contributed by atoms with Crippen molar-refractivity contribution in [1.29, 1.82) is 0 Å². The minimum atomic E-state index is -4.51. The highest BCUT2D eigenvalue weighted by Crippen LogP contribution is 2.36. The van der Waals surface area contributed by atoms with Gasteiger partial charge >= 0.3 is 6.18 Å². The molecule has 0 unspecified atom stereocenters. The average molecular weight is 219 g/mol. The first-order valence-corrected chi connectivity index (χ1v) is 4.54. The van der Waals surface area contributed by atoms with Crippen LogP contribution in [0.2, 0.25) is 0 Å². The molecule has 0 amide bonds. The van der Waals surface area contributed by atoms with Crippen molar-refractivity contribution in [2.75, 3.05) is 6.54 Å². The number of phenolic OH excluding ortho intramolecular Hbond substituents is 1. The monoisotopic (exact) mass is 219 g/mol. The van der Waals surface area contributed by atoms with E-state index in [1.807, 2.05) is 0 Å². The van der Waals surface area contributed by atoms with Crippen LogP contribution in [0.25, 0.3) is 0 Å². The Labute approximate surface area is 85.5 Å². The van der Waals surface area contributed by atoms with Crippen molar-refractivity contribution in [1.82, 2.24) is 0 Å². The van der Waals surface area contributed by atoms with Crippen LogP contribution in [0.5, 0.6) is 5.75 Å². The van der Waals surface area contributed by atoms with E-state index in [0.29, 0.717) is 24.9 Å². The molecule has 0 saturated carbocycles. The van der Waals surface area contributed by atoms with E-state index in [-0.39, 0.29) is 0 Å². The van der Waals surface area contributed by atoms with Gasteiger partial charge in [0.1, 0.15) is 5.75 Å². The number of rotatable bonds is 3. The van der Waals surface area contributed by atoms with Crippen LogP contribution >= 0.6 is 0 Å². The molecule has 84 valence electrons. The molecule has 0 aliphatic carbocycles. The molecular weight excluding hydrogens is 207 g/mol. The Morgan fingerprint density at radius 1 is 1.27 bits per heavy atom. The van der Waals surface area contributed by atoms with Gasteiger partial charge in [-0.25, -0.2) is 0 Å². The number of hydrogen-bond donors (Lipinski definition) is 2. The molecule has 3 N–H and O–H groups in total. The van der Waals surface area contributed by atoms with E-state index < -0.39 is 17.5 Å². The molecule has 0 radical (unpaired) electrons. The molecular formula is C10H12F3NO. The van der Waals surface area contributed by atoms with Crippen molar-refractivity contribution < 1.29 is 18.3 Å². The summed E-state index contributed by atoms with van der Waals surface area (Å²) in [7, 11) is 0. The Morgan fingerprint density at radius 2 is 1.93 bits per heavy atom. The Bertz CT molecular complexity index is 336. The van der Waals surface area contributed by atoms with Gasteiger partial charge in [0, 0.05) is 0 Å². The van der Waals surface area contributed by atoms with Crippen LogP contribution in [0, 0.1) is 0 Å². The summed E-state index contributed by atoms with van der Waals surface area (Å²) in [6.45, 7) is 0.433. The Balaban J connectivity index is 2.95. The summed E-state index contributed by atoms with van der Waals surface area (Å²) in [5.74, 6) is -0.737. The van der Waals surface area contributed by atoms with E-state index in [2.05, 4.69) is 0 Å². The molecule has 1 aromatic rings. The third-order valence-electron chi connectivity index (χ3n) is 2.04. The van der Waals surface area contributed by atoms with Crippen molar-refractivity contribution >= 4 is 0 Å². The Kier molecular flexibility index (Phi) is 3.57. The van der Waals surface area contributed by atoms with Crippen LogP contribution in [0.15, 0.2) is 18.2 Å². The zero-order chi connectivity index (χ0) is 11.5. The lowest BCUT2D eigenvalue weighted by molar-refractivity contribution is -0.138. The number of nitrogens with two attached hydrogens (primary N) is 1. The first-order valence-electron chi connectivity index (χ1n) is 4.54. The molecule has 1 rings (SSSR count). The smallest absolute Gasteiger partial charge is 0.419 e. The van der Waals surface area contributed by atoms with Crippen LogP contribution in [0.1, 0.15) is 17.5 Å². The Morgan fingerprint density at radius 3 is 2.47 bits per heavy atom. The summed E-state index contributed by atoms with van der Waals surface area (Å²) >= 11 is 0. The molecule has 15 heavy (non-hydrogen) atoms. The van der Waals surface area contributed by atoms with Crippen molar-refractivity contribution in [3.8, 4) is 5.75 Å². The number of hydrogen-bond acceptors (Lipinski definition) is 2. The standard InChI is InChI=1S/C10H12F3NO/c11-10(12,13)8-6-7(2-1-5-14)3-4-9(8)15/h3-4,6,15H,1-2,5,14H2. The molecule has 1 aromatic carbocycles. The van der Waals surface area contributed by atoms with E-state index in [1.165, 1.54) is 6.07 Å². The highest BCUT2D eigenvalue weighted by molar-refractivity contribution is 5.38. The van der Waals surface area contributed by atoms with Gasteiger partial charge in [0.2, 0.25) is 0 Å². The summed E-state index contributed by atoms with van der Waals surface area (Å²) in [5.41, 5.74) is 4.80. The lowest BCUT2D eigenvalue weighted by atomic mass is 10.1. The fourth-order valence-electron chi connectivity index (χ4n) is 1.27. The molecule has 5 heteroatoms. The predicted molar refractivity (Wildman–Crippen MR) is 50.5 cm³/mol.